The molecule has 0 aromatic carbocycles. The molecule has 0 amide bonds. The van der Waals surface area contributed by atoms with E-state index in [1.54, 1.807) is 0 Å². The zero-order valence-electron chi connectivity index (χ0n) is 2.77. The van der Waals surface area contributed by atoms with E-state index >= 15 is 0 Å². The van der Waals surface area contributed by atoms with Crippen molar-refractivity contribution in [2.45, 2.75) is 0 Å². The average Bonchev–Trinajstić information content (AvgIpc) is 0. The van der Waals surface area contributed by atoms with Crippen LogP contribution in [0.5, 0.6) is 0 Å². The Kier molecular flexibility index (Phi) is 107. The predicted molar refractivity (Wildman–Crippen MR) is 17.3 cm³/mol. The molecule has 0 spiro atoms. The minimum Gasteiger partial charge on any atom is 0 e. The first kappa shape index (κ1) is 26.4. The van der Waals surface area contributed by atoms with Gasteiger partial charge in [0, 0.05) is 104 Å². The molecule has 4 heavy (non-hydrogen) atoms. The largest absolute Gasteiger partial charge is 0 e. The topological polar surface area (TPSA) is 0 Å². The molecule has 0 aliphatic heterocycles. The molecule has 0 unspecified atom stereocenters. The Morgan fingerprint density at radius 2 is 1.00 bits per heavy atom. The summed E-state index contributed by atoms with van der Waals surface area (Å²) in [5, 5.41) is 0. The van der Waals surface area contributed by atoms with Crippen LogP contribution in [0.25, 0.3) is 0 Å². The molecule has 0 aliphatic carbocycles. The first-order chi connectivity index (χ1) is 0. The second-order valence-corrected chi connectivity index (χ2v) is 0. The third-order valence-electron chi connectivity index (χ3n) is 0. The van der Waals surface area contributed by atoms with Gasteiger partial charge in [-0.25, -0.2) is 0 Å². The number of rotatable bonds is 0. The van der Waals surface area contributed by atoms with Crippen LogP contribution in [0, 0.1) is 0 Å². The summed E-state index contributed by atoms with van der Waals surface area (Å²) in [6.45, 7) is 0. The van der Waals surface area contributed by atoms with Crippen molar-refractivity contribution in [2.24, 2.45) is 0 Å². The summed E-state index contributed by atoms with van der Waals surface area (Å²) >= 11 is 0. The van der Waals surface area contributed by atoms with Crippen LogP contribution in [0.1, 0.15) is 0 Å². The maximum absolute atomic E-state index is 0. The van der Waals surface area contributed by atoms with Crippen LogP contribution in [0.3, 0.4) is 0 Å². The first-order valence-corrected chi connectivity index (χ1v) is 0. The van der Waals surface area contributed by atoms with E-state index in [1.807, 2.05) is 0 Å². The quantitative estimate of drug-likeness (QED) is 0.408. The van der Waals surface area contributed by atoms with E-state index in [4.69, 9.17) is 0 Å². The van der Waals surface area contributed by atoms with Crippen molar-refractivity contribution >= 4 is 87.4 Å². The van der Waals surface area contributed by atoms with Crippen molar-refractivity contribution in [3.63, 3.8) is 0 Å². The molecule has 0 rings (SSSR count). The Labute approximate surface area is 102 Å². The summed E-state index contributed by atoms with van der Waals surface area (Å²) < 4.78 is 0. The van der Waals surface area contributed by atoms with E-state index in [2.05, 4.69) is 0 Å². The molecule has 0 bridgehead atoms. The van der Waals surface area contributed by atoms with Gasteiger partial charge in [-0.15, -0.1) is 0 Å². The van der Waals surface area contributed by atoms with Gasteiger partial charge in [0.05, 0.1) is 0 Å². The van der Waals surface area contributed by atoms with Gasteiger partial charge in [-0.3, -0.25) is 0 Å². The molecule has 13 valence electrons. The van der Waals surface area contributed by atoms with Gasteiger partial charge in [0.15, 0.2) is 0 Å². The maximum atomic E-state index is 0. The van der Waals surface area contributed by atoms with Crippen LogP contribution in [0.2, 0.25) is 0 Å². The normalized spacial score (nSPS) is 0. The minimum absolute atomic E-state index is 0. The van der Waals surface area contributed by atoms with E-state index in [0.717, 1.165) is 0 Å². The van der Waals surface area contributed by atoms with Crippen LogP contribution in [0.4, 0.5) is 0 Å². The van der Waals surface area contributed by atoms with Gasteiger partial charge >= 0.3 is 0 Å². The van der Waals surface area contributed by atoms with Gasteiger partial charge in [-0.05, 0) is 0 Å². The summed E-state index contributed by atoms with van der Waals surface area (Å²) in [7, 11) is 0. The van der Waals surface area contributed by atoms with E-state index in [-0.39, 0.29) is 104 Å². The molecule has 0 heterocycles. The number of hydrogen-bond acceptors (Lipinski definition) is 0. The predicted octanol–water partition coefficient (Wildman–Crippen LogP) is -1.14. The summed E-state index contributed by atoms with van der Waals surface area (Å²) in [6.07, 6.45) is 0. The van der Waals surface area contributed by atoms with Crippen molar-refractivity contribution < 1.29 is 17.1 Å². The van der Waals surface area contributed by atoms with E-state index in [1.165, 1.54) is 0 Å². The Morgan fingerprint density at radius 3 is 1.00 bits per heavy atom. The molecule has 0 atom stereocenters. The van der Waals surface area contributed by atoms with Crippen molar-refractivity contribution in [3.8, 4) is 0 Å². The third-order valence-corrected chi connectivity index (χ3v) is 0. The molecule has 0 aromatic rings. The molecule has 5 radical (unpaired) electrons. The van der Waals surface area contributed by atoms with Crippen molar-refractivity contribution in [1.29, 1.82) is 0 Å². The SMILES string of the molecule is [Fe].[Li].[Mg].[Sr]. The summed E-state index contributed by atoms with van der Waals surface area (Å²) in [5.41, 5.74) is 0. The van der Waals surface area contributed by atoms with E-state index in [0.29, 0.717) is 0 Å². The molecule has 0 saturated carbocycles. The molecular formula is FeLiMgSr. The molecule has 0 saturated heterocycles. The van der Waals surface area contributed by atoms with Gasteiger partial charge < -0.3 is 0 Å². The van der Waals surface area contributed by atoms with Gasteiger partial charge in [-0.1, -0.05) is 0 Å². The van der Waals surface area contributed by atoms with Crippen molar-refractivity contribution in [1.82, 2.24) is 0 Å². The fourth-order valence-corrected chi connectivity index (χ4v) is 0. The minimum atomic E-state index is 0. The van der Waals surface area contributed by atoms with Crippen LogP contribution < -0.4 is 0 Å². The van der Waals surface area contributed by atoms with Gasteiger partial charge in [0.25, 0.3) is 0 Å². The van der Waals surface area contributed by atoms with Crippen LogP contribution in [0.15, 0.2) is 0 Å². The smallest absolute Gasteiger partial charge is 0 e. The number of hydrogen-bond donors (Lipinski definition) is 0. The Hall–Kier alpha value is 3.36. The fourth-order valence-electron chi connectivity index (χ4n) is 0. The van der Waals surface area contributed by atoms with E-state index in [9.17, 15) is 0 Å². The second kappa shape index (κ2) is 16.2. The van der Waals surface area contributed by atoms with Crippen molar-refractivity contribution in [2.75, 3.05) is 0 Å². The Morgan fingerprint density at radius 1 is 1.00 bits per heavy atom. The molecule has 4 heteroatoms. The monoisotopic (exact) mass is 175 g/mol. The Balaban J connectivity index is 0. The van der Waals surface area contributed by atoms with Crippen LogP contribution in [-0.2, 0) is 17.1 Å². The Bertz CT molecular complexity index is 8.00. The van der Waals surface area contributed by atoms with Crippen molar-refractivity contribution in [3.05, 3.63) is 0 Å². The first-order valence-electron chi connectivity index (χ1n) is 0. The van der Waals surface area contributed by atoms with Crippen LogP contribution in [-0.4, -0.2) is 87.4 Å². The summed E-state index contributed by atoms with van der Waals surface area (Å²) in [4.78, 5) is 0. The fraction of sp³-hybridized carbons (Fsp3) is 0. The maximum Gasteiger partial charge on any atom is 0 e. The second-order valence-electron chi connectivity index (χ2n) is 0. The standard InChI is InChI=1S/Fe.Li.Mg.Sr. The molecule has 0 fully saturated rings. The van der Waals surface area contributed by atoms with E-state index < -0.39 is 0 Å². The molecule has 0 aromatic heterocycles. The molecule has 0 N–H and O–H groups in total. The zero-order chi connectivity index (χ0) is 0. The van der Waals surface area contributed by atoms with Gasteiger partial charge in [0.2, 0.25) is 0 Å². The van der Waals surface area contributed by atoms with Crippen LogP contribution >= 0.6 is 0 Å². The summed E-state index contributed by atoms with van der Waals surface area (Å²) in [5.74, 6) is 0. The molecular weight excluding hydrogens is 175 g/mol. The zero-order valence-corrected chi connectivity index (χ0v) is 8.76. The summed E-state index contributed by atoms with van der Waals surface area (Å²) in [6, 6.07) is 0. The molecule has 0 nitrogen and oxygen atoms in total. The average molecular weight is 175 g/mol. The molecule has 0 aliphatic rings. The van der Waals surface area contributed by atoms with Gasteiger partial charge in [0.1, 0.15) is 0 Å². The van der Waals surface area contributed by atoms with Gasteiger partial charge in [-0.2, -0.15) is 0 Å². The third kappa shape index (κ3) is 9.03.